The van der Waals surface area contributed by atoms with Crippen LogP contribution < -0.4 is 10.1 Å². The molecule has 2 rings (SSSR count). The highest BCUT2D eigenvalue weighted by Crippen LogP contribution is 2.22. The van der Waals surface area contributed by atoms with Crippen LogP contribution in [-0.2, 0) is 6.54 Å². The second kappa shape index (κ2) is 7.26. The second-order valence-electron chi connectivity index (χ2n) is 4.24. The minimum atomic E-state index is 0.609. The van der Waals surface area contributed by atoms with E-state index >= 15 is 0 Å². The van der Waals surface area contributed by atoms with Gasteiger partial charge in [0.2, 0.25) is 5.88 Å². The fourth-order valence-electron chi connectivity index (χ4n) is 1.64. The Hall–Kier alpha value is -1.39. The molecular weight excluding hydrogens is 304 g/mol. The molecule has 1 heterocycles. The quantitative estimate of drug-likeness (QED) is 0.812. The van der Waals surface area contributed by atoms with Crippen molar-refractivity contribution in [3.63, 3.8) is 0 Å². The highest BCUT2D eigenvalue weighted by Gasteiger charge is 2.00. The van der Waals surface area contributed by atoms with Gasteiger partial charge in [-0.1, -0.05) is 35.0 Å². The molecule has 0 radical (unpaired) electrons. The molecule has 1 N–H and O–H groups in total. The number of halogens is 1. The highest BCUT2D eigenvalue weighted by atomic mass is 79.9. The predicted molar refractivity (Wildman–Crippen MR) is 80.5 cm³/mol. The number of hydrogen-bond donors (Lipinski definition) is 1. The molecule has 0 unspecified atom stereocenters. The maximum atomic E-state index is 5.68. The van der Waals surface area contributed by atoms with Gasteiger partial charge >= 0.3 is 0 Å². The van der Waals surface area contributed by atoms with Crippen LogP contribution in [0, 0.1) is 0 Å². The first kappa shape index (κ1) is 14.0. The third-order valence-corrected chi connectivity index (χ3v) is 3.07. The number of pyridine rings is 1. The summed E-state index contributed by atoms with van der Waals surface area (Å²) in [5.74, 6) is 1.39. The lowest BCUT2D eigenvalue weighted by Crippen LogP contribution is -2.13. The molecule has 0 saturated heterocycles. The SMILES string of the molecule is CCCNCc1ccc(Oc2cccc(Br)c2)nc1. The number of nitrogens with zero attached hydrogens (tertiary/aromatic N) is 1. The Morgan fingerprint density at radius 1 is 1.26 bits per heavy atom. The number of ether oxygens (including phenoxy) is 1. The van der Waals surface area contributed by atoms with Gasteiger partial charge < -0.3 is 10.1 Å². The summed E-state index contributed by atoms with van der Waals surface area (Å²) in [6, 6.07) is 11.6. The number of nitrogens with one attached hydrogen (secondary N) is 1. The normalized spacial score (nSPS) is 10.4. The van der Waals surface area contributed by atoms with Crippen LogP contribution in [0.3, 0.4) is 0 Å². The van der Waals surface area contributed by atoms with Crippen molar-refractivity contribution in [3.8, 4) is 11.6 Å². The molecule has 0 aliphatic rings. The minimum absolute atomic E-state index is 0.609. The maximum absolute atomic E-state index is 5.68. The predicted octanol–water partition coefficient (Wildman–Crippen LogP) is 4.14. The Labute approximate surface area is 122 Å². The van der Waals surface area contributed by atoms with E-state index in [9.17, 15) is 0 Å². The second-order valence-corrected chi connectivity index (χ2v) is 5.16. The van der Waals surface area contributed by atoms with Crippen LogP contribution in [0.25, 0.3) is 0 Å². The summed E-state index contributed by atoms with van der Waals surface area (Å²) in [6.45, 7) is 4.02. The molecule has 2 aromatic rings. The molecule has 0 saturated carbocycles. The number of benzene rings is 1. The van der Waals surface area contributed by atoms with Crippen molar-refractivity contribution in [2.24, 2.45) is 0 Å². The standard InChI is InChI=1S/C15H17BrN2O/c1-2-8-17-10-12-6-7-15(18-11-12)19-14-5-3-4-13(16)9-14/h3-7,9,11,17H,2,8,10H2,1H3. The van der Waals surface area contributed by atoms with E-state index in [1.807, 2.05) is 42.6 Å². The van der Waals surface area contributed by atoms with Gasteiger partial charge in [0.25, 0.3) is 0 Å². The van der Waals surface area contributed by atoms with E-state index in [4.69, 9.17) is 4.74 Å². The molecular formula is C15H17BrN2O. The molecule has 0 fully saturated rings. The third kappa shape index (κ3) is 4.65. The Morgan fingerprint density at radius 3 is 2.84 bits per heavy atom. The molecule has 0 spiro atoms. The first-order chi connectivity index (χ1) is 9.28. The number of aromatic nitrogens is 1. The van der Waals surface area contributed by atoms with E-state index in [0.717, 1.165) is 35.3 Å². The summed E-state index contributed by atoms with van der Waals surface area (Å²) >= 11 is 3.41. The maximum Gasteiger partial charge on any atom is 0.219 e. The van der Waals surface area contributed by atoms with Crippen molar-refractivity contribution in [3.05, 3.63) is 52.6 Å². The Morgan fingerprint density at radius 2 is 2.16 bits per heavy atom. The van der Waals surface area contributed by atoms with Crippen LogP contribution >= 0.6 is 15.9 Å². The zero-order chi connectivity index (χ0) is 13.5. The zero-order valence-electron chi connectivity index (χ0n) is 10.9. The smallest absolute Gasteiger partial charge is 0.219 e. The van der Waals surface area contributed by atoms with Gasteiger partial charge in [0.05, 0.1) is 0 Å². The Kier molecular flexibility index (Phi) is 5.36. The number of rotatable bonds is 6. The lowest BCUT2D eigenvalue weighted by atomic mass is 10.3. The highest BCUT2D eigenvalue weighted by molar-refractivity contribution is 9.10. The fourth-order valence-corrected chi connectivity index (χ4v) is 2.01. The van der Waals surface area contributed by atoms with E-state index in [1.54, 1.807) is 0 Å². The van der Waals surface area contributed by atoms with Crippen LogP contribution in [0.4, 0.5) is 0 Å². The average molecular weight is 321 g/mol. The van der Waals surface area contributed by atoms with Crippen molar-refractivity contribution in [2.45, 2.75) is 19.9 Å². The lowest BCUT2D eigenvalue weighted by molar-refractivity contribution is 0.462. The number of hydrogen-bond acceptors (Lipinski definition) is 3. The monoisotopic (exact) mass is 320 g/mol. The lowest BCUT2D eigenvalue weighted by Gasteiger charge is -2.06. The summed E-state index contributed by atoms with van der Waals surface area (Å²) < 4.78 is 6.67. The summed E-state index contributed by atoms with van der Waals surface area (Å²) in [4.78, 5) is 4.30. The molecule has 0 atom stereocenters. The largest absolute Gasteiger partial charge is 0.439 e. The fraction of sp³-hybridized carbons (Fsp3) is 0.267. The Balaban J connectivity index is 1.95. The Bertz CT molecular complexity index is 514. The molecule has 1 aromatic heterocycles. The summed E-state index contributed by atoms with van der Waals surface area (Å²) in [5.41, 5.74) is 1.16. The average Bonchev–Trinajstić information content (AvgIpc) is 2.41. The molecule has 0 aliphatic heterocycles. The first-order valence-corrected chi connectivity index (χ1v) is 7.16. The zero-order valence-corrected chi connectivity index (χ0v) is 12.5. The summed E-state index contributed by atoms with van der Waals surface area (Å²) in [7, 11) is 0. The molecule has 3 nitrogen and oxygen atoms in total. The van der Waals surface area contributed by atoms with E-state index in [1.165, 1.54) is 0 Å². The molecule has 19 heavy (non-hydrogen) atoms. The van der Waals surface area contributed by atoms with Crippen molar-refractivity contribution < 1.29 is 4.74 Å². The van der Waals surface area contributed by atoms with Gasteiger partial charge in [-0.05, 0) is 36.7 Å². The van der Waals surface area contributed by atoms with Crippen LogP contribution in [0.1, 0.15) is 18.9 Å². The van der Waals surface area contributed by atoms with Crippen molar-refractivity contribution in [2.75, 3.05) is 6.54 Å². The van der Waals surface area contributed by atoms with Gasteiger partial charge in [0, 0.05) is 23.3 Å². The molecule has 0 aliphatic carbocycles. The van der Waals surface area contributed by atoms with Gasteiger partial charge in [0.1, 0.15) is 5.75 Å². The van der Waals surface area contributed by atoms with Gasteiger partial charge in [-0.3, -0.25) is 0 Å². The van der Waals surface area contributed by atoms with Crippen molar-refractivity contribution in [1.29, 1.82) is 0 Å². The van der Waals surface area contributed by atoms with Gasteiger partial charge in [-0.25, -0.2) is 4.98 Å². The van der Waals surface area contributed by atoms with E-state index in [0.29, 0.717) is 5.88 Å². The minimum Gasteiger partial charge on any atom is -0.439 e. The first-order valence-electron chi connectivity index (χ1n) is 6.37. The molecule has 4 heteroatoms. The van der Waals surface area contributed by atoms with Crippen LogP contribution in [0.5, 0.6) is 11.6 Å². The molecule has 1 aromatic carbocycles. The molecule has 0 bridgehead atoms. The van der Waals surface area contributed by atoms with Gasteiger partial charge in [-0.2, -0.15) is 0 Å². The van der Waals surface area contributed by atoms with Gasteiger partial charge in [-0.15, -0.1) is 0 Å². The molecule has 100 valence electrons. The third-order valence-electron chi connectivity index (χ3n) is 2.57. The van der Waals surface area contributed by atoms with Crippen LogP contribution in [0.2, 0.25) is 0 Å². The van der Waals surface area contributed by atoms with Crippen molar-refractivity contribution >= 4 is 15.9 Å². The van der Waals surface area contributed by atoms with Gasteiger partial charge in [0.15, 0.2) is 0 Å². The molecule has 0 amide bonds. The van der Waals surface area contributed by atoms with E-state index < -0.39 is 0 Å². The van der Waals surface area contributed by atoms with E-state index in [2.05, 4.69) is 33.2 Å². The summed E-state index contributed by atoms with van der Waals surface area (Å²) in [6.07, 6.45) is 2.98. The van der Waals surface area contributed by atoms with Crippen LogP contribution in [-0.4, -0.2) is 11.5 Å². The summed E-state index contributed by atoms with van der Waals surface area (Å²) in [5, 5.41) is 3.34. The topological polar surface area (TPSA) is 34.1 Å². The van der Waals surface area contributed by atoms with E-state index in [-0.39, 0.29) is 0 Å². The van der Waals surface area contributed by atoms with Crippen LogP contribution in [0.15, 0.2) is 47.1 Å². The van der Waals surface area contributed by atoms with Crippen molar-refractivity contribution in [1.82, 2.24) is 10.3 Å².